The van der Waals surface area contributed by atoms with Crippen molar-refractivity contribution in [3.05, 3.63) is 64.1 Å². The minimum Gasteiger partial charge on any atom is -0.369 e. The number of amides is 1. The number of nitrogens with zero attached hydrogens (tertiary/aromatic N) is 2. The lowest BCUT2D eigenvalue weighted by Gasteiger charge is -2.38. The van der Waals surface area contributed by atoms with E-state index in [-0.39, 0.29) is 18.0 Å². The summed E-state index contributed by atoms with van der Waals surface area (Å²) in [7, 11) is 0. The van der Waals surface area contributed by atoms with Gasteiger partial charge in [-0.05, 0) is 43.7 Å². The van der Waals surface area contributed by atoms with Gasteiger partial charge in [0, 0.05) is 41.9 Å². The molecule has 0 aromatic heterocycles. The van der Waals surface area contributed by atoms with E-state index in [9.17, 15) is 4.79 Å². The minimum absolute atomic E-state index is 0.0154. The summed E-state index contributed by atoms with van der Waals surface area (Å²) < 4.78 is 0. The fourth-order valence-corrected chi connectivity index (χ4v) is 4.01. The number of hydrogen-bond acceptors (Lipinski definition) is 3. The lowest BCUT2D eigenvalue weighted by atomic mass is 10.1. The van der Waals surface area contributed by atoms with E-state index in [1.54, 1.807) is 12.1 Å². The zero-order chi connectivity index (χ0) is 19.4. The number of hydrogen-bond donors (Lipinski definition) is 1. The summed E-state index contributed by atoms with van der Waals surface area (Å²) in [6, 6.07) is 15.4. The van der Waals surface area contributed by atoms with E-state index in [4.69, 9.17) is 23.2 Å². The molecule has 144 valence electrons. The molecule has 1 N–H and O–H groups in total. The van der Waals surface area contributed by atoms with Crippen LogP contribution in [0.1, 0.15) is 25.5 Å². The van der Waals surface area contributed by atoms with Gasteiger partial charge in [-0.25, -0.2) is 0 Å². The van der Waals surface area contributed by atoms with Gasteiger partial charge in [-0.3, -0.25) is 9.69 Å². The van der Waals surface area contributed by atoms with Gasteiger partial charge in [0.05, 0.1) is 12.1 Å². The first kappa shape index (κ1) is 20.0. The molecule has 1 heterocycles. The molecule has 0 bridgehead atoms. The van der Waals surface area contributed by atoms with Crippen molar-refractivity contribution < 1.29 is 4.79 Å². The Morgan fingerprint density at radius 2 is 1.67 bits per heavy atom. The highest BCUT2D eigenvalue weighted by Crippen LogP contribution is 2.26. The van der Waals surface area contributed by atoms with Gasteiger partial charge < -0.3 is 10.2 Å². The van der Waals surface area contributed by atoms with Gasteiger partial charge in [-0.1, -0.05) is 47.5 Å². The molecule has 0 spiro atoms. The maximum atomic E-state index is 12.7. The number of rotatable bonds is 5. The van der Waals surface area contributed by atoms with E-state index >= 15 is 0 Å². The molecular formula is C21H25Cl2N3O. The third-order valence-electron chi connectivity index (χ3n) is 5.15. The zero-order valence-electron chi connectivity index (χ0n) is 15.7. The first-order valence-corrected chi connectivity index (χ1v) is 10.0. The maximum absolute atomic E-state index is 12.7. The highest BCUT2D eigenvalue weighted by molar-refractivity contribution is 6.35. The fourth-order valence-electron chi connectivity index (χ4n) is 3.44. The van der Waals surface area contributed by atoms with Gasteiger partial charge in [0.1, 0.15) is 0 Å². The van der Waals surface area contributed by atoms with Crippen LogP contribution in [-0.4, -0.2) is 43.0 Å². The van der Waals surface area contributed by atoms with Crippen molar-refractivity contribution >= 4 is 34.8 Å². The van der Waals surface area contributed by atoms with Crippen LogP contribution in [0.4, 0.5) is 5.69 Å². The SMILES string of the molecule is CC(NC(=O)C(C)N1CCN(c2ccccc2)CC1)c1ccc(Cl)cc1Cl. The molecule has 1 amide bonds. The molecule has 1 aliphatic heterocycles. The van der Waals surface area contributed by atoms with E-state index in [1.807, 2.05) is 26.0 Å². The summed E-state index contributed by atoms with van der Waals surface area (Å²) in [5.74, 6) is 0.0154. The van der Waals surface area contributed by atoms with E-state index in [0.717, 1.165) is 31.7 Å². The number of piperazine rings is 1. The number of anilines is 1. The standard InChI is InChI=1S/C21H25Cl2N3O/c1-15(19-9-8-17(22)14-20(19)23)24-21(27)16(2)25-10-12-26(13-11-25)18-6-4-3-5-7-18/h3-9,14-16H,10-13H2,1-2H3,(H,24,27). The molecule has 27 heavy (non-hydrogen) atoms. The van der Waals surface area contributed by atoms with Gasteiger partial charge in [0.2, 0.25) is 5.91 Å². The number of para-hydroxylation sites is 1. The average Bonchev–Trinajstić information content (AvgIpc) is 2.68. The van der Waals surface area contributed by atoms with Crippen molar-refractivity contribution in [1.29, 1.82) is 0 Å². The lowest BCUT2D eigenvalue weighted by Crippen LogP contribution is -2.54. The highest BCUT2D eigenvalue weighted by atomic mass is 35.5. The number of halogens is 2. The van der Waals surface area contributed by atoms with Crippen LogP contribution in [0, 0.1) is 0 Å². The second-order valence-electron chi connectivity index (χ2n) is 6.93. The summed E-state index contributed by atoms with van der Waals surface area (Å²) in [5, 5.41) is 4.23. The Bertz CT molecular complexity index is 776. The molecule has 2 aromatic carbocycles. The Kier molecular flexibility index (Phi) is 6.64. The zero-order valence-corrected chi connectivity index (χ0v) is 17.2. The summed E-state index contributed by atoms with van der Waals surface area (Å²) >= 11 is 12.2. The number of nitrogens with one attached hydrogen (secondary N) is 1. The Morgan fingerprint density at radius 3 is 2.30 bits per heavy atom. The van der Waals surface area contributed by atoms with Gasteiger partial charge in [0.15, 0.2) is 0 Å². The first-order valence-electron chi connectivity index (χ1n) is 9.25. The second-order valence-corrected chi connectivity index (χ2v) is 7.77. The van der Waals surface area contributed by atoms with Gasteiger partial charge in [0.25, 0.3) is 0 Å². The van der Waals surface area contributed by atoms with Crippen LogP contribution < -0.4 is 10.2 Å². The fraction of sp³-hybridized carbons (Fsp3) is 0.381. The first-order chi connectivity index (χ1) is 13.0. The van der Waals surface area contributed by atoms with E-state index in [1.165, 1.54) is 5.69 Å². The Hall–Kier alpha value is -1.75. The van der Waals surface area contributed by atoms with Crippen molar-refractivity contribution in [3.8, 4) is 0 Å². The van der Waals surface area contributed by atoms with E-state index < -0.39 is 0 Å². The second kappa shape index (κ2) is 8.96. The molecule has 0 radical (unpaired) electrons. The van der Waals surface area contributed by atoms with Gasteiger partial charge >= 0.3 is 0 Å². The average molecular weight is 406 g/mol. The normalized spacial score (nSPS) is 17.4. The lowest BCUT2D eigenvalue weighted by molar-refractivity contribution is -0.126. The Morgan fingerprint density at radius 1 is 1.00 bits per heavy atom. The smallest absolute Gasteiger partial charge is 0.237 e. The summed E-state index contributed by atoms with van der Waals surface area (Å²) in [4.78, 5) is 17.3. The maximum Gasteiger partial charge on any atom is 0.237 e. The molecule has 1 fully saturated rings. The monoisotopic (exact) mass is 405 g/mol. The van der Waals surface area contributed by atoms with Crippen LogP contribution in [0.2, 0.25) is 10.0 Å². The van der Waals surface area contributed by atoms with E-state index in [0.29, 0.717) is 10.0 Å². The van der Waals surface area contributed by atoms with Crippen LogP contribution in [-0.2, 0) is 4.79 Å². The van der Waals surface area contributed by atoms with Crippen LogP contribution >= 0.6 is 23.2 Å². The van der Waals surface area contributed by atoms with Crippen molar-refractivity contribution in [1.82, 2.24) is 10.2 Å². The van der Waals surface area contributed by atoms with Crippen LogP contribution in [0.3, 0.4) is 0 Å². The number of carbonyl (C=O) groups is 1. The molecule has 0 aliphatic carbocycles. The van der Waals surface area contributed by atoms with Crippen molar-refractivity contribution in [3.63, 3.8) is 0 Å². The van der Waals surface area contributed by atoms with Crippen LogP contribution in [0.15, 0.2) is 48.5 Å². The minimum atomic E-state index is -0.184. The molecule has 4 nitrogen and oxygen atoms in total. The third kappa shape index (κ3) is 4.95. The third-order valence-corrected chi connectivity index (χ3v) is 5.71. The molecule has 1 aliphatic rings. The topological polar surface area (TPSA) is 35.6 Å². The van der Waals surface area contributed by atoms with Crippen LogP contribution in [0.25, 0.3) is 0 Å². The van der Waals surface area contributed by atoms with Gasteiger partial charge in [-0.15, -0.1) is 0 Å². The molecular weight excluding hydrogens is 381 g/mol. The predicted molar refractivity (Wildman–Crippen MR) is 113 cm³/mol. The van der Waals surface area contributed by atoms with Crippen molar-refractivity contribution in [2.75, 3.05) is 31.1 Å². The predicted octanol–water partition coefficient (Wildman–Crippen LogP) is 4.38. The molecule has 1 saturated heterocycles. The van der Waals surface area contributed by atoms with Crippen molar-refractivity contribution in [2.45, 2.75) is 25.9 Å². The Balaban J connectivity index is 1.55. The number of benzene rings is 2. The largest absolute Gasteiger partial charge is 0.369 e. The molecule has 2 unspecified atom stereocenters. The molecule has 6 heteroatoms. The summed E-state index contributed by atoms with van der Waals surface area (Å²) in [6.07, 6.45) is 0. The molecule has 0 saturated carbocycles. The molecule has 2 aromatic rings. The number of carbonyl (C=O) groups excluding carboxylic acids is 1. The quantitative estimate of drug-likeness (QED) is 0.801. The molecule has 3 rings (SSSR count). The van der Waals surface area contributed by atoms with Gasteiger partial charge in [-0.2, -0.15) is 0 Å². The highest BCUT2D eigenvalue weighted by Gasteiger charge is 2.26. The van der Waals surface area contributed by atoms with E-state index in [2.05, 4.69) is 39.4 Å². The molecule has 2 atom stereocenters. The summed E-state index contributed by atoms with van der Waals surface area (Å²) in [5.41, 5.74) is 2.11. The van der Waals surface area contributed by atoms with Crippen molar-refractivity contribution in [2.24, 2.45) is 0 Å². The Labute approximate surface area is 171 Å². The summed E-state index contributed by atoms with van der Waals surface area (Å²) in [6.45, 7) is 7.45. The van der Waals surface area contributed by atoms with Crippen LogP contribution in [0.5, 0.6) is 0 Å².